The largest absolute Gasteiger partial charge is 0.330 e. The van der Waals surface area contributed by atoms with Gasteiger partial charge < -0.3 is 4.57 Å². The predicted octanol–water partition coefficient (Wildman–Crippen LogP) is 2.59. The fraction of sp³-hybridized carbons (Fsp3) is 0.364. The Bertz CT molecular complexity index is 471. The number of nitrogens with zero attached hydrogens (tertiary/aromatic N) is 2. The van der Waals surface area contributed by atoms with Crippen LogP contribution in [0.3, 0.4) is 0 Å². The molecule has 1 aliphatic rings. The Kier molecular flexibility index (Phi) is 1.60. The Labute approximate surface area is 81.4 Å². The molecule has 14 heavy (non-hydrogen) atoms. The summed E-state index contributed by atoms with van der Waals surface area (Å²) in [6.45, 7) is 1.03. The molecule has 2 aromatic rings. The number of fused-ring (bicyclic) bond motifs is 1. The van der Waals surface area contributed by atoms with Crippen LogP contribution in [0.4, 0.5) is 4.39 Å². The zero-order chi connectivity index (χ0) is 9.54. The molecule has 1 aromatic heterocycles. The molecule has 0 amide bonds. The molecule has 0 aliphatic heterocycles. The number of rotatable bonds is 2. The number of aromatic nitrogens is 2. The molecule has 72 valence electrons. The molecule has 1 saturated carbocycles. The minimum Gasteiger partial charge on any atom is -0.330 e. The molecular formula is C11H11FN2. The summed E-state index contributed by atoms with van der Waals surface area (Å²) in [5.74, 6) is 0.603. The predicted molar refractivity (Wildman–Crippen MR) is 52.4 cm³/mol. The first-order valence-electron chi connectivity index (χ1n) is 4.93. The van der Waals surface area contributed by atoms with Crippen LogP contribution in [0, 0.1) is 11.7 Å². The zero-order valence-corrected chi connectivity index (χ0v) is 7.78. The van der Waals surface area contributed by atoms with Gasteiger partial charge in [0.2, 0.25) is 0 Å². The van der Waals surface area contributed by atoms with Crippen molar-refractivity contribution < 1.29 is 4.39 Å². The van der Waals surface area contributed by atoms with Crippen LogP contribution >= 0.6 is 0 Å². The van der Waals surface area contributed by atoms with E-state index in [1.54, 1.807) is 6.07 Å². The van der Waals surface area contributed by atoms with Gasteiger partial charge in [0, 0.05) is 12.6 Å². The maximum atomic E-state index is 12.9. The van der Waals surface area contributed by atoms with Crippen LogP contribution in [0.2, 0.25) is 0 Å². The summed E-state index contributed by atoms with van der Waals surface area (Å²) in [5.41, 5.74) is 1.80. The van der Waals surface area contributed by atoms with E-state index in [0.717, 1.165) is 23.5 Å². The summed E-state index contributed by atoms with van der Waals surface area (Å²) in [4.78, 5) is 4.18. The molecule has 0 N–H and O–H groups in total. The van der Waals surface area contributed by atoms with Crippen LogP contribution in [-0.2, 0) is 6.54 Å². The van der Waals surface area contributed by atoms with Crippen molar-refractivity contribution in [3.63, 3.8) is 0 Å². The van der Waals surface area contributed by atoms with Crippen molar-refractivity contribution in [2.45, 2.75) is 19.4 Å². The Morgan fingerprint density at radius 2 is 2.29 bits per heavy atom. The van der Waals surface area contributed by atoms with E-state index in [-0.39, 0.29) is 5.82 Å². The molecule has 0 unspecified atom stereocenters. The van der Waals surface area contributed by atoms with Crippen molar-refractivity contribution in [1.82, 2.24) is 9.55 Å². The SMILES string of the molecule is Fc1ccc2c(c1)ncn2CC1CC1. The van der Waals surface area contributed by atoms with Gasteiger partial charge in [-0.3, -0.25) is 0 Å². The standard InChI is InChI=1S/C11H11FN2/c12-9-3-4-11-10(5-9)13-7-14(11)6-8-1-2-8/h3-5,7-8H,1-2,6H2. The van der Waals surface area contributed by atoms with E-state index in [2.05, 4.69) is 9.55 Å². The third-order valence-corrected chi connectivity index (χ3v) is 2.73. The molecule has 1 aromatic carbocycles. The number of hydrogen-bond donors (Lipinski definition) is 0. The Hall–Kier alpha value is -1.38. The summed E-state index contributed by atoms with van der Waals surface area (Å²) in [6, 6.07) is 4.78. The fourth-order valence-electron chi connectivity index (χ4n) is 1.76. The average molecular weight is 190 g/mol. The molecule has 1 heterocycles. The van der Waals surface area contributed by atoms with Gasteiger partial charge in [0.1, 0.15) is 5.82 Å². The van der Waals surface area contributed by atoms with Gasteiger partial charge in [-0.2, -0.15) is 0 Å². The molecule has 0 atom stereocenters. The first kappa shape index (κ1) is 7.97. The summed E-state index contributed by atoms with van der Waals surface area (Å²) in [5, 5.41) is 0. The van der Waals surface area contributed by atoms with Crippen molar-refractivity contribution in [2.75, 3.05) is 0 Å². The Morgan fingerprint density at radius 3 is 3.07 bits per heavy atom. The monoisotopic (exact) mass is 190 g/mol. The molecular weight excluding hydrogens is 179 g/mol. The van der Waals surface area contributed by atoms with Crippen molar-refractivity contribution in [3.05, 3.63) is 30.3 Å². The van der Waals surface area contributed by atoms with Crippen LogP contribution in [0.1, 0.15) is 12.8 Å². The van der Waals surface area contributed by atoms with Crippen molar-refractivity contribution in [1.29, 1.82) is 0 Å². The van der Waals surface area contributed by atoms with Gasteiger partial charge in [-0.25, -0.2) is 9.37 Å². The van der Waals surface area contributed by atoms with Crippen LogP contribution < -0.4 is 0 Å². The molecule has 0 spiro atoms. The van der Waals surface area contributed by atoms with Gasteiger partial charge in [0.05, 0.1) is 17.4 Å². The van der Waals surface area contributed by atoms with E-state index in [9.17, 15) is 4.39 Å². The highest BCUT2D eigenvalue weighted by Crippen LogP contribution is 2.31. The van der Waals surface area contributed by atoms with E-state index in [0.29, 0.717) is 0 Å². The summed E-state index contributed by atoms with van der Waals surface area (Å²) >= 11 is 0. The zero-order valence-electron chi connectivity index (χ0n) is 7.78. The fourth-order valence-corrected chi connectivity index (χ4v) is 1.76. The summed E-state index contributed by atoms with van der Waals surface area (Å²) in [7, 11) is 0. The number of halogens is 1. The highest BCUT2D eigenvalue weighted by Gasteiger charge is 2.22. The third-order valence-electron chi connectivity index (χ3n) is 2.73. The molecule has 0 radical (unpaired) electrons. The van der Waals surface area contributed by atoms with Crippen LogP contribution in [0.25, 0.3) is 11.0 Å². The van der Waals surface area contributed by atoms with Crippen molar-refractivity contribution >= 4 is 11.0 Å². The topological polar surface area (TPSA) is 17.8 Å². The highest BCUT2D eigenvalue weighted by molar-refractivity contribution is 5.75. The van der Waals surface area contributed by atoms with E-state index >= 15 is 0 Å². The Balaban J connectivity index is 2.06. The minimum atomic E-state index is -0.214. The normalized spacial score (nSPS) is 16.4. The van der Waals surface area contributed by atoms with Crippen molar-refractivity contribution in [3.8, 4) is 0 Å². The number of benzene rings is 1. The molecule has 0 saturated heterocycles. The Morgan fingerprint density at radius 1 is 1.43 bits per heavy atom. The lowest BCUT2D eigenvalue weighted by molar-refractivity contribution is 0.627. The molecule has 3 heteroatoms. The van der Waals surface area contributed by atoms with E-state index in [4.69, 9.17) is 0 Å². The first-order chi connectivity index (χ1) is 6.83. The third kappa shape index (κ3) is 1.29. The molecule has 3 rings (SSSR count). The lowest BCUT2D eigenvalue weighted by Gasteiger charge is -2.01. The summed E-state index contributed by atoms with van der Waals surface area (Å²) < 4.78 is 15.0. The second-order valence-corrected chi connectivity index (χ2v) is 3.97. The molecule has 1 fully saturated rings. The van der Waals surface area contributed by atoms with Gasteiger partial charge in [0.25, 0.3) is 0 Å². The van der Waals surface area contributed by atoms with E-state index in [1.807, 2.05) is 6.33 Å². The van der Waals surface area contributed by atoms with Gasteiger partial charge in [0.15, 0.2) is 0 Å². The van der Waals surface area contributed by atoms with E-state index < -0.39 is 0 Å². The lowest BCUT2D eigenvalue weighted by atomic mass is 10.3. The smallest absolute Gasteiger partial charge is 0.125 e. The number of imidazole rings is 1. The van der Waals surface area contributed by atoms with Crippen LogP contribution in [0.15, 0.2) is 24.5 Å². The van der Waals surface area contributed by atoms with E-state index in [1.165, 1.54) is 25.0 Å². The average Bonchev–Trinajstić information content (AvgIpc) is 2.89. The second-order valence-electron chi connectivity index (χ2n) is 3.97. The first-order valence-corrected chi connectivity index (χ1v) is 4.93. The molecule has 2 nitrogen and oxygen atoms in total. The molecule has 0 bridgehead atoms. The minimum absolute atomic E-state index is 0.214. The van der Waals surface area contributed by atoms with Gasteiger partial charge in [-0.15, -0.1) is 0 Å². The maximum Gasteiger partial charge on any atom is 0.125 e. The maximum absolute atomic E-state index is 12.9. The van der Waals surface area contributed by atoms with Gasteiger partial charge in [-0.05, 0) is 30.9 Å². The van der Waals surface area contributed by atoms with Crippen LogP contribution in [-0.4, -0.2) is 9.55 Å². The summed E-state index contributed by atoms with van der Waals surface area (Å²) in [6.07, 6.45) is 4.45. The number of hydrogen-bond acceptors (Lipinski definition) is 1. The second kappa shape index (κ2) is 2.80. The molecule has 1 aliphatic carbocycles. The van der Waals surface area contributed by atoms with Crippen LogP contribution in [0.5, 0.6) is 0 Å². The highest BCUT2D eigenvalue weighted by atomic mass is 19.1. The van der Waals surface area contributed by atoms with Gasteiger partial charge >= 0.3 is 0 Å². The van der Waals surface area contributed by atoms with Gasteiger partial charge in [-0.1, -0.05) is 0 Å². The lowest BCUT2D eigenvalue weighted by Crippen LogP contribution is -1.97. The van der Waals surface area contributed by atoms with Crippen molar-refractivity contribution in [2.24, 2.45) is 5.92 Å². The quantitative estimate of drug-likeness (QED) is 0.711.